The van der Waals surface area contributed by atoms with Gasteiger partial charge >= 0.3 is 6.03 Å². The van der Waals surface area contributed by atoms with Crippen LogP contribution in [0.25, 0.3) is 0 Å². The summed E-state index contributed by atoms with van der Waals surface area (Å²) in [5, 5.41) is 4.88. The van der Waals surface area contributed by atoms with Crippen LogP contribution < -0.4 is 16.4 Å². The van der Waals surface area contributed by atoms with E-state index in [-0.39, 0.29) is 5.91 Å². The molecule has 0 saturated carbocycles. The molecular weight excluding hydrogens is 134 g/mol. The second-order valence-corrected chi connectivity index (χ2v) is 2.14. The van der Waals surface area contributed by atoms with Gasteiger partial charge in [0.15, 0.2) is 0 Å². The average molecular weight is 143 g/mol. The first-order chi connectivity index (χ1) is 4.70. The van der Waals surface area contributed by atoms with Crippen molar-refractivity contribution in [3.63, 3.8) is 0 Å². The smallest absolute Gasteiger partial charge is 0.312 e. The Morgan fingerprint density at radius 2 is 2.50 bits per heavy atom. The highest BCUT2D eigenvalue weighted by molar-refractivity contribution is 5.87. The molecule has 0 bridgehead atoms. The highest BCUT2D eigenvalue weighted by Gasteiger charge is 2.24. The Balaban J connectivity index is 2.40. The summed E-state index contributed by atoms with van der Waals surface area (Å²) >= 11 is 0. The normalized spacial score (nSPS) is 24.0. The van der Waals surface area contributed by atoms with Crippen LogP contribution in [0.3, 0.4) is 0 Å². The molecule has 1 aliphatic rings. The largest absolute Gasteiger partial charge is 0.354 e. The first kappa shape index (κ1) is 6.85. The van der Waals surface area contributed by atoms with E-state index in [4.69, 9.17) is 5.73 Å². The van der Waals surface area contributed by atoms with Gasteiger partial charge in [-0.1, -0.05) is 0 Å². The molecule has 0 aliphatic carbocycles. The molecule has 0 aromatic carbocycles. The zero-order valence-corrected chi connectivity index (χ0v) is 5.39. The number of hydrogen-bond acceptors (Lipinski definition) is 2. The first-order valence-electron chi connectivity index (χ1n) is 3.04. The standard InChI is InChI=1S/C5H9N3O2/c6-5(10)8-3-1-2-7-4(3)9/h3H,1-2H2,(H,7,9)(H3,6,8,10)/t3-/m0/s1. The van der Waals surface area contributed by atoms with Crippen molar-refractivity contribution in [3.8, 4) is 0 Å². The van der Waals surface area contributed by atoms with Crippen molar-refractivity contribution >= 4 is 11.9 Å². The zero-order chi connectivity index (χ0) is 7.56. The van der Waals surface area contributed by atoms with Gasteiger partial charge in [0, 0.05) is 6.54 Å². The Morgan fingerprint density at radius 1 is 1.80 bits per heavy atom. The number of carbonyl (C=O) groups excluding carboxylic acids is 2. The SMILES string of the molecule is NC(=O)N[C@H]1CCNC1=O. The van der Waals surface area contributed by atoms with Gasteiger partial charge in [0.05, 0.1) is 0 Å². The van der Waals surface area contributed by atoms with Crippen molar-refractivity contribution in [3.05, 3.63) is 0 Å². The van der Waals surface area contributed by atoms with Gasteiger partial charge in [0.1, 0.15) is 6.04 Å². The van der Waals surface area contributed by atoms with Gasteiger partial charge in [-0.3, -0.25) is 4.79 Å². The molecule has 10 heavy (non-hydrogen) atoms. The van der Waals surface area contributed by atoms with Gasteiger partial charge in [-0.25, -0.2) is 4.79 Å². The van der Waals surface area contributed by atoms with Crippen LogP contribution in [0.4, 0.5) is 4.79 Å². The fourth-order valence-electron chi connectivity index (χ4n) is 0.903. The van der Waals surface area contributed by atoms with E-state index in [0.29, 0.717) is 13.0 Å². The van der Waals surface area contributed by atoms with Crippen molar-refractivity contribution in [1.29, 1.82) is 0 Å². The monoisotopic (exact) mass is 143 g/mol. The lowest BCUT2D eigenvalue weighted by Gasteiger charge is -2.05. The van der Waals surface area contributed by atoms with Crippen LogP contribution in [0, 0.1) is 0 Å². The predicted octanol–water partition coefficient (Wildman–Crippen LogP) is -1.46. The minimum atomic E-state index is -0.651. The Kier molecular flexibility index (Phi) is 1.75. The molecule has 0 unspecified atom stereocenters. The van der Waals surface area contributed by atoms with Gasteiger partial charge in [-0.15, -0.1) is 0 Å². The Bertz CT molecular complexity index is 168. The van der Waals surface area contributed by atoms with E-state index in [1.165, 1.54) is 0 Å². The summed E-state index contributed by atoms with van der Waals surface area (Å²) in [7, 11) is 0. The number of hydrogen-bond donors (Lipinski definition) is 3. The third-order valence-electron chi connectivity index (χ3n) is 1.37. The first-order valence-corrected chi connectivity index (χ1v) is 3.04. The molecule has 1 fully saturated rings. The topological polar surface area (TPSA) is 84.2 Å². The number of primary amides is 1. The summed E-state index contributed by atoms with van der Waals surface area (Å²) in [6.07, 6.45) is 0.627. The van der Waals surface area contributed by atoms with E-state index in [0.717, 1.165) is 0 Å². The molecular formula is C5H9N3O2. The van der Waals surface area contributed by atoms with E-state index in [2.05, 4.69) is 10.6 Å². The number of rotatable bonds is 1. The van der Waals surface area contributed by atoms with E-state index in [1.807, 2.05) is 0 Å². The van der Waals surface area contributed by atoms with E-state index in [9.17, 15) is 9.59 Å². The quantitative estimate of drug-likeness (QED) is 0.419. The maximum absolute atomic E-state index is 10.7. The molecule has 1 atom stereocenters. The summed E-state index contributed by atoms with van der Waals surface area (Å²) in [5.41, 5.74) is 4.80. The highest BCUT2D eigenvalue weighted by Crippen LogP contribution is 1.97. The maximum Gasteiger partial charge on any atom is 0.312 e. The molecule has 4 N–H and O–H groups in total. The lowest BCUT2D eigenvalue weighted by Crippen LogP contribution is -2.42. The summed E-state index contributed by atoms with van der Waals surface area (Å²) in [6, 6.07) is -1.07. The van der Waals surface area contributed by atoms with Gasteiger partial charge in [0.2, 0.25) is 5.91 Å². The van der Waals surface area contributed by atoms with Crippen molar-refractivity contribution in [2.75, 3.05) is 6.54 Å². The Labute approximate surface area is 58.0 Å². The minimum Gasteiger partial charge on any atom is -0.354 e. The number of carbonyl (C=O) groups is 2. The average Bonchev–Trinajstić information content (AvgIpc) is 2.15. The fourth-order valence-corrected chi connectivity index (χ4v) is 0.903. The van der Waals surface area contributed by atoms with Crippen LogP contribution in [0.5, 0.6) is 0 Å². The fraction of sp³-hybridized carbons (Fsp3) is 0.600. The van der Waals surface area contributed by atoms with Crippen LogP contribution in [-0.4, -0.2) is 24.5 Å². The molecule has 1 rings (SSSR count). The number of nitrogens with one attached hydrogen (secondary N) is 2. The third kappa shape index (κ3) is 1.37. The highest BCUT2D eigenvalue weighted by atomic mass is 16.2. The second kappa shape index (κ2) is 2.55. The van der Waals surface area contributed by atoms with Gasteiger partial charge in [-0.2, -0.15) is 0 Å². The Hall–Kier alpha value is -1.26. The molecule has 56 valence electrons. The zero-order valence-electron chi connectivity index (χ0n) is 5.39. The van der Waals surface area contributed by atoms with Crippen LogP contribution in [0.2, 0.25) is 0 Å². The molecule has 1 saturated heterocycles. The maximum atomic E-state index is 10.7. The summed E-state index contributed by atoms with van der Waals surface area (Å²) in [4.78, 5) is 21.0. The molecule has 0 aromatic heterocycles. The molecule has 3 amide bonds. The van der Waals surface area contributed by atoms with Crippen LogP contribution >= 0.6 is 0 Å². The summed E-state index contributed by atoms with van der Waals surface area (Å²) < 4.78 is 0. The van der Waals surface area contributed by atoms with Crippen molar-refractivity contribution in [2.24, 2.45) is 5.73 Å². The van der Waals surface area contributed by atoms with Gasteiger partial charge in [-0.05, 0) is 6.42 Å². The molecule has 5 heteroatoms. The van der Waals surface area contributed by atoms with Crippen LogP contribution in [0.1, 0.15) is 6.42 Å². The molecule has 0 spiro atoms. The molecule has 1 heterocycles. The van der Waals surface area contributed by atoms with Crippen molar-refractivity contribution < 1.29 is 9.59 Å². The predicted molar refractivity (Wildman–Crippen MR) is 34.1 cm³/mol. The summed E-state index contributed by atoms with van der Waals surface area (Å²) in [5.74, 6) is -0.154. The van der Waals surface area contributed by atoms with Crippen molar-refractivity contribution in [1.82, 2.24) is 10.6 Å². The van der Waals surface area contributed by atoms with E-state index < -0.39 is 12.1 Å². The molecule has 0 aromatic rings. The third-order valence-corrected chi connectivity index (χ3v) is 1.37. The van der Waals surface area contributed by atoms with Gasteiger partial charge < -0.3 is 16.4 Å². The Morgan fingerprint density at radius 3 is 2.90 bits per heavy atom. The van der Waals surface area contributed by atoms with Gasteiger partial charge in [0.25, 0.3) is 0 Å². The lowest BCUT2D eigenvalue weighted by molar-refractivity contribution is -0.120. The number of amides is 3. The van der Waals surface area contributed by atoms with Crippen LogP contribution in [0.15, 0.2) is 0 Å². The molecule has 0 radical (unpaired) electrons. The number of nitrogens with two attached hydrogens (primary N) is 1. The van der Waals surface area contributed by atoms with E-state index in [1.54, 1.807) is 0 Å². The summed E-state index contributed by atoms with van der Waals surface area (Å²) in [6.45, 7) is 0.615. The minimum absolute atomic E-state index is 0.154. The molecule has 1 aliphatic heterocycles. The second-order valence-electron chi connectivity index (χ2n) is 2.14. The van der Waals surface area contributed by atoms with E-state index >= 15 is 0 Å². The van der Waals surface area contributed by atoms with Crippen molar-refractivity contribution in [2.45, 2.75) is 12.5 Å². The number of urea groups is 1. The van der Waals surface area contributed by atoms with Crippen LogP contribution in [-0.2, 0) is 4.79 Å². The molecule has 5 nitrogen and oxygen atoms in total. The lowest BCUT2D eigenvalue weighted by atomic mass is 10.2.